The molecule has 4 nitrogen and oxygen atoms in total. The fourth-order valence-corrected chi connectivity index (χ4v) is 1.14. The number of nitrogens with one attached hydrogen (secondary N) is 1. The van der Waals surface area contributed by atoms with Crippen molar-refractivity contribution in [2.24, 2.45) is 13.0 Å². The minimum Gasteiger partial charge on any atom is -0.352 e. The molecule has 0 spiro atoms. The van der Waals surface area contributed by atoms with E-state index in [0.29, 0.717) is 12.4 Å². The molecule has 1 unspecified atom stereocenters. The van der Waals surface area contributed by atoms with E-state index in [2.05, 4.69) is 10.4 Å². The summed E-state index contributed by atoms with van der Waals surface area (Å²) in [4.78, 5) is 11.3. The van der Waals surface area contributed by atoms with E-state index in [1.807, 2.05) is 13.2 Å². The summed E-state index contributed by atoms with van der Waals surface area (Å²) in [7, 11) is 1.84. The normalized spacial score (nSPS) is 12.5. The Labute approximate surface area is 88.2 Å². The lowest BCUT2D eigenvalue weighted by atomic mass is 10.2. The molecule has 0 aliphatic carbocycles. The topological polar surface area (TPSA) is 46.9 Å². The summed E-state index contributed by atoms with van der Waals surface area (Å²) in [5.74, 6) is 0.177. The predicted octanol–water partition coefficient (Wildman–Crippen LogP) is 0.911. The Morgan fingerprint density at radius 3 is 3.00 bits per heavy atom. The van der Waals surface area contributed by atoms with E-state index in [1.54, 1.807) is 17.8 Å². The van der Waals surface area contributed by atoms with E-state index < -0.39 is 0 Å². The first-order valence-electron chi connectivity index (χ1n) is 4.44. The maximum absolute atomic E-state index is 11.3. The molecule has 0 fully saturated rings. The van der Waals surface area contributed by atoms with Crippen LogP contribution in [0.25, 0.3) is 0 Å². The van der Waals surface area contributed by atoms with Crippen LogP contribution < -0.4 is 5.32 Å². The van der Waals surface area contributed by atoms with Gasteiger partial charge in [0.1, 0.15) is 0 Å². The van der Waals surface area contributed by atoms with Gasteiger partial charge in [0.2, 0.25) is 5.91 Å². The van der Waals surface area contributed by atoms with E-state index in [0.717, 1.165) is 5.56 Å². The van der Waals surface area contributed by atoms with Crippen LogP contribution in [0.1, 0.15) is 12.5 Å². The number of carbonyl (C=O) groups is 1. The van der Waals surface area contributed by atoms with E-state index in [4.69, 9.17) is 11.6 Å². The smallest absolute Gasteiger partial charge is 0.224 e. The first kappa shape index (κ1) is 11.0. The van der Waals surface area contributed by atoms with Crippen LogP contribution in [0, 0.1) is 5.92 Å². The van der Waals surface area contributed by atoms with Crippen LogP contribution in [0.2, 0.25) is 0 Å². The Bertz CT molecular complexity index is 311. The lowest BCUT2D eigenvalue weighted by Crippen LogP contribution is -2.29. The molecule has 1 atom stereocenters. The molecule has 1 aromatic heterocycles. The van der Waals surface area contributed by atoms with Crippen LogP contribution in [0.15, 0.2) is 12.4 Å². The van der Waals surface area contributed by atoms with Gasteiger partial charge in [-0.2, -0.15) is 5.10 Å². The zero-order valence-electron chi connectivity index (χ0n) is 8.33. The minimum atomic E-state index is -0.145. The summed E-state index contributed by atoms with van der Waals surface area (Å²) in [6.07, 6.45) is 3.59. The van der Waals surface area contributed by atoms with Crippen molar-refractivity contribution in [3.8, 4) is 0 Å². The Kier molecular flexibility index (Phi) is 3.95. The molecule has 1 N–H and O–H groups in total. The number of aromatic nitrogens is 2. The van der Waals surface area contributed by atoms with Crippen LogP contribution in [0.3, 0.4) is 0 Å². The lowest BCUT2D eigenvalue weighted by Gasteiger charge is -2.07. The van der Waals surface area contributed by atoms with Crippen molar-refractivity contribution < 1.29 is 4.79 Å². The molecule has 1 heterocycles. The molecule has 14 heavy (non-hydrogen) atoms. The summed E-state index contributed by atoms with van der Waals surface area (Å²) in [5, 5.41) is 6.79. The average Bonchev–Trinajstić information content (AvgIpc) is 2.59. The zero-order chi connectivity index (χ0) is 10.6. The molecular weight excluding hydrogens is 202 g/mol. The number of hydrogen-bond acceptors (Lipinski definition) is 2. The summed E-state index contributed by atoms with van der Waals surface area (Å²) in [5.41, 5.74) is 0.989. The molecule has 0 aromatic carbocycles. The van der Waals surface area contributed by atoms with Crippen molar-refractivity contribution in [3.63, 3.8) is 0 Å². The van der Waals surface area contributed by atoms with Crippen LogP contribution in [0.4, 0.5) is 0 Å². The third-order valence-corrected chi connectivity index (χ3v) is 2.37. The van der Waals surface area contributed by atoms with Gasteiger partial charge in [0.25, 0.3) is 0 Å². The van der Waals surface area contributed by atoms with Crippen LogP contribution in [-0.2, 0) is 18.4 Å². The highest BCUT2D eigenvalue weighted by molar-refractivity contribution is 6.19. The summed E-state index contributed by atoms with van der Waals surface area (Å²) in [6, 6.07) is 0. The highest BCUT2D eigenvalue weighted by Gasteiger charge is 2.10. The number of alkyl halides is 1. The number of rotatable bonds is 4. The summed E-state index contributed by atoms with van der Waals surface area (Å²) in [6.45, 7) is 2.31. The van der Waals surface area contributed by atoms with Gasteiger partial charge in [0.05, 0.1) is 6.20 Å². The van der Waals surface area contributed by atoms with Crippen molar-refractivity contribution in [1.29, 1.82) is 0 Å². The second-order valence-corrected chi connectivity index (χ2v) is 3.60. The number of carbonyl (C=O) groups excluding carboxylic acids is 1. The Morgan fingerprint density at radius 1 is 1.79 bits per heavy atom. The van der Waals surface area contributed by atoms with Crippen molar-refractivity contribution in [1.82, 2.24) is 15.1 Å². The van der Waals surface area contributed by atoms with Crippen LogP contribution >= 0.6 is 11.6 Å². The number of amides is 1. The average molecular weight is 216 g/mol. The largest absolute Gasteiger partial charge is 0.352 e. The molecule has 0 aliphatic heterocycles. The lowest BCUT2D eigenvalue weighted by molar-refractivity contribution is -0.124. The quantitative estimate of drug-likeness (QED) is 0.759. The van der Waals surface area contributed by atoms with Crippen LogP contribution in [0.5, 0.6) is 0 Å². The Morgan fingerprint density at radius 2 is 2.50 bits per heavy atom. The molecule has 78 valence electrons. The molecule has 5 heteroatoms. The fourth-order valence-electron chi connectivity index (χ4n) is 0.997. The maximum atomic E-state index is 11.3. The highest BCUT2D eigenvalue weighted by Crippen LogP contribution is 2.00. The number of aryl methyl sites for hydroxylation is 1. The van der Waals surface area contributed by atoms with E-state index in [1.165, 1.54) is 0 Å². The highest BCUT2D eigenvalue weighted by atomic mass is 35.5. The molecule has 0 saturated carbocycles. The first-order chi connectivity index (χ1) is 6.63. The van der Waals surface area contributed by atoms with Gasteiger partial charge in [-0.05, 0) is 0 Å². The van der Waals surface area contributed by atoms with Gasteiger partial charge in [-0.1, -0.05) is 6.92 Å². The van der Waals surface area contributed by atoms with Crippen molar-refractivity contribution in [2.45, 2.75) is 13.5 Å². The van der Waals surface area contributed by atoms with Crippen LogP contribution in [-0.4, -0.2) is 21.6 Å². The SMILES string of the molecule is CC(CCl)C(=O)NCc1cnn(C)c1. The van der Waals surface area contributed by atoms with E-state index >= 15 is 0 Å². The number of halogens is 1. The monoisotopic (exact) mass is 215 g/mol. The third kappa shape index (κ3) is 3.03. The molecule has 0 radical (unpaired) electrons. The number of hydrogen-bond donors (Lipinski definition) is 1. The zero-order valence-corrected chi connectivity index (χ0v) is 9.08. The van der Waals surface area contributed by atoms with Gasteiger partial charge >= 0.3 is 0 Å². The summed E-state index contributed by atoms with van der Waals surface area (Å²) < 4.78 is 1.70. The van der Waals surface area contributed by atoms with Gasteiger partial charge < -0.3 is 5.32 Å². The third-order valence-electron chi connectivity index (χ3n) is 1.90. The fraction of sp³-hybridized carbons (Fsp3) is 0.556. The summed E-state index contributed by atoms with van der Waals surface area (Å²) >= 11 is 5.56. The molecule has 1 amide bonds. The molecule has 0 bridgehead atoms. The van der Waals surface area contributed by atoms with Crippen molar-refractivity contribution in [3.05, 3.63) is 18.0 Å². The molecule has 0 aliphatic rings. The van der Waals surface area contributed by atoms with Gasteiger partial charge in [-0.25, -0.2) is 0 Å². The van der Waals surface area contributed by atoms with E-state index in [9.17, 15) is 4.79 Å². The molecule has 1 aromatic rings. The number of nitrogens with zero attached hydrogens (tertiary/aromatic N) is 2. The molecular formula is C9H14ClN3O. The molecule has 0 saturated heterocycles. The predicted molar refractivity (Wildman–Crippen MR) is 54.9 cm³/mol. The minimum absolute atomic E-state index is 0.0242. The van der Waals surface area contributed by atoms with Crippen molar-refractivity contribution in [2.75, 3.05) is 5.88 Å². The second kappa shape index (κ2) is 5.00. The maximum Gasteiger partial charge on any atom is 0.224 e. The van der Waals surface area contributed by atoms with Crippen molar-refractivity contribution >= 4 is 17.5 Å². The Hall–Kier alpha value is -1.03. The standard InChI is InChI=1S/C9H14ClN3O/c1-7(3-10)9(14)11-4-8-5-12-13(2)6-8/h5-7H,3-4H2,1-2H3,(H,11,14). The first-order valence-corrected chi connectivity index (χ1v) is 4.98. The van der Waals surface area contributed by atoms with Gasteiger partial charge in [-0.3, -0.25) is 9.48 Å². The van der Waals surface area contributed by atoms with Gasteiger partial charge in [0, 0.05) is 37.2 Å². The molecule has 1 rings (SSSR count). The second-order valence-electron chi connectivity index (χ2n) is 3.30. The Balaban J connectivity index is 2.37. The van der Waals surface area contributed by atoms with E-state index in [-0.39, 0.29) is 11.8 Å². The van der Waals surface area contributed by atoms with Gasteiger partial charge in [-0.15, -0.1) is 11.6 Å². The van der Waals surface area contributed by atoms with Gasteiger partial charge in [0.15, 0.2) is 0 Å².